The minimum atomic E-state index is -3.41. The van der Waals surface area contributed by atoms with Crippen molar-refractivity contribution < 1.29 is 17.9 Å². The van der Waals surface area contributed by atoms with Gasteiger partial charge in [-0.15, -0.1) is 11.3 Å². The van der Waals surface area contributed by atoms with E-state index in [0.29, 0.717) is 43.3 Å². The van der Waals surface area contributed by atoms with Crippen molar-refractivity contribution in [1.29, 1.82) is 0 Å². The minimum absolute atomic E-state index is 0.0129. The van der Waals surface area contributed by atoms with E-state index in [0.717, 1.165) is 4.88 Å². The van der Waals surface area contributed by atoms with Gasteiger partial charge in [-0.05, 0) is 31.9 Å². The van der Waals surface area contributed by atoms with Gasteiger partial charge in [0.1, 0.15) is 4.21 Å². The largest absolute Gasteiger partial charge is 0.383 e. The summed E-state index contributed by atoms with van der Waals surface area (Å²) < 4.78 is 31.8. The first-order valence-corrected chi connectivity index (χ1v) is 9.54. The molecule has 1 aromatic heterocycles. The number of nitrogens with one attached hydrogen (secondary N) is 1. The predicted octanol–water partition coefficient (Wildman–Crippen LogP) is 1.22. The highest BCUT2D eigenvalue weighted by Gasteiger charge is 2.32. The second-order valence-corrected chi connectivity index (χ2v) is 8.78. The molecule has 1 amide bonds. The summed E-state index contributed by atoms with van der Waals surface area (Å²) >= 11 is 1.29. The fourth-order valence-electron chi connectivity index (χ4n) is 2.46. The Hall–Kier alpha value is -0.960. The maximum atomic E-state index is 12.5. The molecule has 0 radical (unpaired) electrons. The number of carbonyl (C=O) groups is 1. The maximum absolute atomic E-state index is 12.5. The van der Waals surface area contributed by atoms with Crippen LogP contribution in [0, 0.1) is 12.8 Å². The highest BCUT2D eigenvalue weighted by atomic mass is 32.2. The number of rotatable bonds is 6. The van der Waals surface area contributed by atoms with Crippen molar-refractivity contribution in [1.82, 2.24) is 9.62 Å². The number of nitrogens with zero attached hydrogens (tertiary/aromatic N) is 1. The molecule has 0 bridgehead atoms. The van der Waals surface area contributed by atoms with Gasteiger partial charge in [0.25, 0.3) is 10.0 Å². The Bertz CT molecular complexity index is 604. The molecule has 0 spiro atoms. The third-order valence-electron chi connectivity index (χ3n) is 3.74. The van der Waals surface area contributed by atoms with Crippen molar-refractivity contribution in [2.24, 2.45) is 5.92 Å². The zero-order valence-electron chi connectivity index (χ0n) is 12.9. The van der Waals surface area contributed by atoms with E-state index < -0.39 is 10.0 Å². The number of methoxy groups -OCH3 is 1. The lowest BCUT2D eigenvalue weighted by Gasteiger charge is -2.30. The lowest BCUT2D eigenvalue weighted by molar-refractivity contribution is -0.126. The van der Waals surface area contributed by atoms with E-state index >= 15 is 0 Å². The Balaban J connectivity index is 1.90. The smallest absolute Gasteiger partial charge is 0.252 e. The first-order valence-electron chi connectivity index (χ1n) is 7.28. The van der Waals surface area contributed by atoms with E-state index in [1.165, 1.54) is 15.6 Å². The lowest BCUT2D eigenvalue weighted by Crippen LogP contribution is -2.43. The van der Waals surface area contributed by atoms with E-state index in [2.05, 4.69) is 5.32 Å². The Kier molecular flexibility index (Phi) is 5.96. The zero-order chi connectivity index (χ0) is 16.2. The average Bonchev–Trinajstić information content (AvgIpc) is 2.95. The summed E-state index contributed by atoms with van der Waals surface area (Å²) in [5, 5.41) is 2.81. The van der Waals surface area contributed by atoms with Crippen LogP contribution in [0.2, 0.25) is 0 Å². The first kappa shape index (κ1) is 17.4. The standard InChI is InChI=1S/C14H22N2O4S2/c1-11-3-4-13(21-11)22(18,19)16-8-5-12(6-9-16)14(17)15-7-10-20-2/h3-4,12H,5-10H2,1-2H3,(H,15,17). The topological polar surface area (TPSA) is 75.7 Å². The number of amides is 1. The van der Waals surface area contributed by atoms with Crippen LogP contribution in [-0.2, 0) is 19.6 Å². The summed E-state index contributed by atoms with van der Waals surface area (Å²) in [6.45, 7) is 3.64. The van der Waals surface area contributed by atoms with Crippen LogP contribution in [-0.4, -0.2) is 52.0 Å². The summed E-state index contributed by atoms with van der Waals surface area (Å²) in [7, 11) is -1.83. The van der Waals surface area contributed by atoms with Crippen LogP contribution in [0.4, 0.5) is 0 Å². The van der Waals surface area contributed by atoms with Crippen LogP contribution >= 0.6 is 11.3 Å². The number of hydrogen-bond donors (Lipinski definition) is 1. The van der Waals surface area contributed by atoms with Crippen LogP contribution in [0.5, 0.6) is 0 Å². The molecule has 0 unspecified atom stereocenters. The van der Waals surface area contributed by atoms with Crippen LogP contribution < -0.4 is 5.32 Å². The van der Waals surface area contributed by atoms with Gasteiger partial charge in [-0.1, -0.05) is 0 Å². The number of sulfonamides is 1. The van der Waals surface area contributed by atoms with Gasteiger partial charge < -0.3 is 10.1 Å². The Morgan fingerprint density at radius 2 is 2.09 bits per heavy atom. The van der Waals surface area contributed by atoms with E-state index in [-0.39, 0.29) is 11.8 Å². The highest BCUT2D eigenvalue weighted by Crippen LogP contribution is 2.28. The second kappa shape index (κ2) is 7.54. The van der Waals surface area contributed by atoms with Crippen LogP contribution in [0.15, 0.2) is 16.3 Å². The van der Waals surface area contributed by atoms with Gasteiger partial charge >= 0.3 is 0 Å². The van der Waals surface area contributed by atoms with Crippen molar-refractivity contribution in [3.05, 3.63) is 17.0 Å². The molecule has 22 heavy (non-hydrogen) atoms. The molecule has 2 rings (SSSR count). The third-order valence-corrected chi connectivity index (χ3v) is 7.11. The first-order chi connectivity index (χ1) is 10.4. The predicted molar refractivity (Wildman–Crippen MR) is 85.4 cm³/mol. The third kappa shape index (κ3) is 4.07. The Labute approximate surface area is 135 Å². The SMILES string of the molecule is COCCNC(=O)C1CCN(S(=O)(=O)c2ccc(C)s2)CC1. The number of ether oxygens (including phenoxy) is 1. The highest BCUT2D eigenvalue weighted by molar-refractivity contribution is 7.91. The van der Waals surface area contributed by atoms with Crippen molar-refractivity contribution >= 4 is 27.3 Å². The molecule has 1 aliphatic rings. The van der Waals surface area contributed by atoms with Crippen molar-refractivity contribution in [2.45, 2.75) is 24.0 Å². The summed E-state index contributed by atoms with van der Waals surface area (Å²) in [6.07, 6.45) is 1.12. The molecule has 0 aliphatic carbocycles. The quantitative estimate of drug-likeness (QED) is 0.786. The van der Waals surface area contributed by atoms with Gasteiger partial charge in [0.15, 0.2) is 0 Å². The number of aryl methyl sites for hydroxylation is 1. The van der Waals surface area contributed by atoms with E-state index in [1.54, 1.807) is 13.2 Å². The number of carbonyl (C=O) groups excluding carboxylic acids is 1. The molecule has 124 valence electrons. The van der Waals surface area contributed by atoms with Gasteiger partial charge in [0.05, 0.1) is 6.61 Å². The zero-order valence-corrected chi connectivity index (χ0v) is 14.5. The normalized spacial score (nSPS) is 17.5. The molecule has 1 aliphatic heterocycles. The maximum Gasteiger partial charge on any atom is 0.252 e. The monoisotopic (exact) mass is 346 g/mol. The molecular weight excluding hydrogens is 324 g/mol. The fraction of sp³-hybridized carbons (Fsp3) is 0.643. The van der Waals surface area contributed by atoms with Crippen LogP contribution in [0.1, 0.15) is 17.7 Å². The molecular formula is C14H22N2O4S2. The van der Waals surface area contributed by atoms with Gasteiger partial charge in [-0.25, -0.2) is 8.42 Å². The second-order valence-electron chi connectivity index (χ2n) is 5.33. The van der Waals surface area contributed by atoms with Crippen molar-refractivity contribution in [3.8, 4) is 0 Å². The molecule has 8 heteroatoms. The molecule has 2 heterocycles. The van der Waals surface area contributed by atoms with E-state index in [4.69, 9.17) is 4.74 Å². The summed E-state index contributed by atoms with van der Waals surface area (Å²) in [4.78, 5) is 12.9. The molecule has 1 fully saturated rings. The number of thiophene rings is 1. The van der Waals surface area contributed by atoms with Gasteiger partial charge in [0, 0.05) is 37.5 Å². The van der Waals surface area contributed by atoms with E-state index in [1.807, 2.05) is 13.0 Å². The van der Waals surface area contributed by atoms with Crippen molar-refractivity contribution in [3.63, 3.8) is 0 Å². The van der Waals surface area contributed by atoms with Crippen LogP contribution in [0.25, 0.3) is 0 Å². The van der Waals surface area contributed by atoms with E-state index in [9.17, 15) is 13.2 Å². The van der Waals surface area contributed by atoms with Crippen molar-refractivity contribution in [2.75, 3.05) is 33.4 Å². The summed E-state index contributed by atoms with van der Waals surface area (Å²) in [5.41, 5.74) is 0. The number of hydrogen-bond acceptors (Lipinski definition) is 5. The van der Waals surface area contributed by atoms with Gasteiger partial charge in [-0.3, -0.25) is 4.79 Å². The molecule has 1 aromatic rings. The molecule has 0 saturated carbocycles. The fourth-order valence-corrected chi connectivity index (χ4v) is 5.36. The molecule has 1 N–H and O–H groups in total. The molecule has 0 atom stereocenters. The average molecular weight is 346 g/mol. The number of piperidine rings is 1. The molecule has 0 aromatic carbocycles. The summed E-state index contributed by atoms with van der Waals surface area (Å²) in [6, 6.07) is 3.46. The summed E-state index contributed by atoms with van der Waals surface area (Å²) in [5.74, 6) is -0.130. The molecule has 1 saturated heterocycles. The van der Waals surface area contributed by atoms with Gasteiger partial charge in [0.2, 0.25) is 5.91 Å². The minimum Gasteiger partial charge on any atom is -0.383 e. The van der Waals surface area contributed by atoms with Gasteiger partial charge in [-0.2, -0.15) is 4.31 Å². The Morgan fingerprint density at radius 3 is 2.64 bits per heavy atom. The van der Waals surface area contributed by atoms with Crippen LogP contribution in [0.3, 0.4) is 0 Å². The Morgan fingerprint density at radius 1 is 1.41 bits per heavy atom. The molecule has 6 nitrogen and oxygen atoms in total. The lowest BCUT2D eigenvalue weighted by atomic mass is 9.97.